The summed E-state index contributed by atoms with van der Waals surface area (Å²) in [7, 11) is 1.54. The third-order valence-electron chi connectivity index (χ3n) is 13.2. The third-order valence-corrected chi connectivity index (χ3v) is 13.2. The van der Waals surface area contributed by atoms with Gasteiger partial charge in [0.25, 0.3) is 0 Å². The van der Waals surface area contributed by atoms with E-state index in [-0.39, 0.29) is 82.9 Å². The lowest BCUT2D eigenvalue weighted by molar-refractivity contribution is -0.143. The first-order valence-electron chi connectivity index (χ1n) is 23.9. The lowest BCUT2D eigenvalue weighted by atomic mass is 9.83. The van der Waals surface area contributed by atoms with Gasteiger partial charge in [0.05, 0.1) is 31.9 Å². The average Bonchev–Trinajstić information content (AvgIpc) is 3.94. The monoisotopic (exact) mass is 974 g/mol. The summed E-state index contributed by atoms with van der Waals surface area (Å²) in [6, 6.07) is 6.83. The summed E-state index contributed by atoms with van der Waals surface area (Å²) in [5.41, 5.74) is 7.58. The van der Waals surface area contributed by atoms with Gasteiger partial charge < -0.3 is 67.6 Å². The van der Waals surface area contributed by atoms with E-state index in [1.54, 1.807) is 48.7 Å². The van der Waals surface area contributed by atoms with E-state index in [4.69, 9.17) is 15.9 Å². The molecule has 22 heteroatoms. The average molecular weight is 974 g/mol. The summed E-state index contributed by atoms with van der Waals surface area (Å²) in [6.07, 6.45) is 2.50. The van der Waals surface area contributed by atoms with Crippen molar-refractivity contribution in [3.05, 3.63) is 65.9 Å². The highest BCUT2D eigenvalue weighted by molar-refractivity contribution is 5.97. The van der Waals surface area contributed by atoms with Crippen molar-refractivity contribution in [2.75, 3.05) is 33.3 Å². The van der Waals surface area contributed by atoms with Crippen molar-refractivity contribution >= 4 is 58.3 Å². The Bertz CT molecular complexity index is 2320. The molecule has 2 aromatic carbocycles. The number of amides is 6. The van der Waals surface area contributed by atoms with Gasteiger partial charge in [-0.05, 0) is 93.4 Å². The van der Waals surface area contributed by atoms with Crippen LogP contribution in [0.15, 0.2) is 54.7 Å². The Morgan fingerprint density at radius 2 is 1.61 bits per heavy atom. The number of aliphatic hydroxyl groups excluding tert-OH is 2. The Labute approximate surface area is 405 Å². The summed E-state index contributed by atoms with van der Waals surface area (Å²) in [5, 5.41) is 58.6. The van der Waals surface area contributed by atoms with E-state index >= 15 is 0 Å². The summed E-state index contributed by atoms with van der Waals surface area (Å²) < 4.78 is 5.38. The second-order valence-corrected chi connectivity index (χ2v) is 18.4. The molecule has 3 heterocycles. The van der Waals surface area contributed by atoms with Crippen LogP contribution in [0.2, 0.25) is 0 Å². The number of aliphatic carboxylic acids is 1. The van der Waals surface area contributed by atoms with Crippen molar-refractivity contribution in [2.45, 2.75) is 126 Å². The smallest absolute Gasteiger partial charge is 0.317 e. The number of carbonyl (C=O) groups is 7. The van der Waals surface area contributed by atoms with Gasteiger partial charge in [-0.2, -0.15) is 0 Å². The molecule has 1 saturated carbocycles. The van der Waals surface area contributed by atoms with Gasteiger partial charge in [-0.1, -0.05) is 30.3 Å². The van der Waals surface area contributed by atoms with E-state index in [9.17, 15) is 48.9 Å². The summed E-state index contributed by atoms with van der Waals surface area (Å²) in [4.78, 5) is 103. The number of hydrogen-bond acceptors (Lipinski definition) is 12. The van der Waals surface area contributed by atoms with E-state index < -0.39 is 96.4 Å². The number of aromatic amines is 1. The van der Waals surface area contributed by atoms with E-state index in [0.717, 1.165) is 5.39 Å². The highest BCUT2D eigenvalue weighted by Crippen LogP contribution is 2.29. The molecule has 380 valence electrons. The van der Waals surface area contributed by atoms with Gasteiger partial charge >= 0.3 is 5.97 Å². The zero-order valence-electron chi connectivity index (χ0n) is 39.3. The van der Waals surface area contributed by atoms with Crippen molar-refractivity contribution < 1.29 is 53.6 Å². The Hall–Kier alpha value is -6.78. The summed E-state index contributed by atoms with van der Waals surface area (Å²) >= 11 is 0. The highest BCUT2D eigenvalue weighted by Gasteiger charge is 2.43. The van der Waals surface area contributed by atoms with Crippen LogP contribution in [0.25, 0.3) is 10.9 Å². The van der Waals surface area contributed by atoms with Gasteiger partial charge in [0.15, 0.2) is 5.96 Å². The molecule has 22 nitrogen and oxygen atoms in total. The van der Waals surface area contributed by atoms with Gasteiger partial charge in [0.1, 0.15) is 36.0 Å². The number of nitrogens with zero attached hydrogens (tertiary/aromatic N) is 1. The molecule has 0 spiro atoms. The van der Waals surface area contributed by atoms with Crippen molar-refractivity contribution in [3.63, 3.8) is 0 Å². The second-order valence-electron chi connectivity index (χ2n) is 18.4. The molecule has 6 rings (SSSR count). The lowest BCUT2D eigenvalue weighted by Gasteiger charge is -2.33. The van der Waals surface area contributed by atoms with Gasteiger partial charge in [-0.15, -0.1) is 0 Å². The molecule has 0 radical (unpaired) electrons. The minimum absolute atomic E-state index is 0.0351. The SMILES string of the molecule is COc1ccc2c(C[C@@H]3NC(=O)[C@@H](C[C@H]4CC[C@@H](O)CC4)NC(=O)[C@@H]4C[C@@H](O)CN4C(=O)[C@@H](NC(=O)C(Cc4ccccc4)NCC(=O)O)CCCNC(=O)[C@H](CCCNC(=N)N)NC3=O)c[nH]c2c1. The van der Waals surface area contributed by atoms with E-state index in [0.29, 0.717) is 48.1 Å². The number of ether oxygens (including phenoxy) is 1. The van der Waals surface area contributed by atoms with Crippen LogP contribution < -0.4 is 47.7 Å². The Morgan fingerprint density at radius 3 is 2.33 bits per heavy atom. The van der Waals surface area contributed by atoms with Crippen LogP contribution in [0.3, 0.4) is 0 Å². The molecule has 3 aliphatic rings. The number of hydrogen-bond donors (Lipinski definition) is 13. The number of carboxylic acid groups (broad SMARTS) is 1. The number of aromatic nitrogens is 1. The molecule has 3 aromatic rings. The number of carbonyl (C=O) groups excluding carboxylic acids is 6. The van der Waals surface area contributed by atoms with Crippen LogP contribution in [-0.2, 0) is 46.4 Å². The van der Waals surface area contributed by atoms with Crippen LogP contribution in [0.1, 0.15) is 75.3 Å². The number of fused-ring (bicyclic) bond motifs is 2. The van der Waals surface area contributed by atoms with Crippen molar-refractivity contribution in [1.29, 1.82) is 5.41 Å². The van der Waals surface area contributed by atoms with Gasteiger partial charge in [-0.3, -0.25) is 44.3 Å². The van der Waals surface area contributed by atoms with Crippen molar-refractivity contribution in [1.82, 2.24) is 47.1 Å². The van der Waals surface area contributed by atoms with Crippen LogP contribution in [0.5, 0.6) is 5.75 Å². The molecular weight excluding hydrogens is 907 g/mol. The molecule has 1 aromatic heterocycles. The fourth-order valence-corrected chi connectivity index (χ4v) is 9.44. The minimum atomic E-state index is -1.32. The first-order valence-corrected chi connectivity index (χ1v) is 23.9. The fourth-order valence-electron chi connectivity index (χ4n) is 9.44. The zero-order valence-corrected chi connectivity index (χ0v) is 39.3. The van der Waals surface area contributed by atoms with E-state index in [1.807, 2.05) is 6.07 Å². The maximum atomic E-state index is 14.7. The first-order chi connectivity index (χ1) is 33.6. The van der Waals surface area contributed by atoms with Gasteiger partial charge in [0.2, 0.25) is 35.4 Å². The van der Waals surface area contributed by atoms with Crippen LogP contribution in [0, 0.1) is 11.3 Å². The van der Waals surface area contributed by atoms with Crippen molar-refractivity contribution in [3.8, 4) is 5.75 Å². The van der Waals surface area contributed by atoms with E-state index in [1.165, 1.54) is 12.0 Å². The maximum absolute atomic E-state index is 14.7. The molecule has 2 saturated heterocycles. The largest absolute Gasteiger partial charge is 0.497 e. The number of nitrogens with one attached hydrogen (secondary N) is 9. The fraction of sp³-hybridized carbons (Fsp3) is 0.542. The van der Waals surface area contributed by atoms with Crippen molar-refractivity contribution in [2.24, 2.45) is 11.7 Å². The Morgan fingerprint density at radius 1 is 0.900 bits per heavy atom. The van der Waals surface area contributed by atoms with Gasteiger partial charge in [0, 0.05) is 55.6 Å². The molecule has 2 aliphatic heterocycles. The molecule has 7 atom stereocenters. The number of nitrogens with two attached hydrogens (primary N) is 1. The number of carboxylic acids is 1. The predicted octanol–water partition coefficient (Wildman–Crippen LogP) is -0.980. The molecule has 14 N–H and O–H groups in total. The van der Waals surface area contributed by atoms with Gasteiger partial charge in [-0.25, -0.2) is 0 Å². The standard InChI is InChI=1S/C48H67N11O11/c1-70-32-15-16-33-29(24-53-36(33)23-32)21-39-45(67)55-34(9-5-18-52-48(49)50)42(64)51-17-6-10-35(56-43(65)37(54-25-41(62)63)19-27-7-3-2-4-8-27)47(69)59-26-31(61)22-40(59)46(68)58-38(44(66)57-39)20-28-11-13-30(60)14-12-28/h2-4,7-8,15-16,23-24,28,30-31,34-35,37-40,53-54,60-61H,5-6,9-14,17-22,25-26H2,1H3,(H,51,64)(H,55,67)(H,56,65)(H,57,66)(H,58,68)(H,62,63)(H4,49,50,52)/t28-,30+,31-,34+,35+,37?,38-,39+,40+/m1/s1. The summed E-state index contributed by atoms with van der Waals surface area (Å²) in [6.45, 7) is -0.669. The zero-order chi connectivity index (χ0) is 50.3. The van der Waals surface area contributed by atoms with E-state index in [2.05, 4.69) is 42.2 Å². The number of H-pyrrole nitrogens is 1. The topological polar surface area (TPSA) is 343 Å². The van der Waals surface area contributed by atoms with Crippen LogP contribution in [0.4, 0.5) is 0 Å². The van der Waals surface area contributed by atoms with Crippen LogP contribution >= 0.6 is 0 Å². The third kappa shape index (κ3) is 14.9. The molecular formula is C48H67N11O11. The Balaban J connectivity index is 1.34. The second kappa shape index (κ2) is 25.2. The Kier molecular flexibility index (Phi) is 18.9. The minimum Gasteiger partial charge on any atom is -0.497 e. The molecule has 70 heavy (non-hydrogen) atoms. The highest BCUT2D eigenvalue weighted by atomic mass is 16.5. The first kappa shape index (κ1) is 52.6. The number of methoxy groups -OCH3 is 1. The molecule has 3 fully saturated rings. The molecule has 0 bridgehead atoms. The summed E-state index contributed by atoms with van der Waals surface area (Å²) in [5.74, 6) is -5.15. The number of benzene rings is 2. The van der Waals surface area contributed by atoms with Crippen LogP contribution in [-0.4, -0.2) is 154 Å². The number of aliphatic hydroxyl groups is 2. The normalized spacial score (nSPS) is 25.5. The maximum Gasteiger partial charge on any atom is 0.317 e. The lowest BCUT2D eigenvalue weighted by Crippen LogP contribution is -2.60. The number of guanidine groups is 1. The molecule has 6 amide bonds. The number of rotatable bonds is 16. The predicted molar refractivity (Wildman–Crippen MR) is 256 cm³/mol. The quantitative estimate of drug-likeness (QED) is 0.0467. The molecule has 1 aliphatic carbocycles. The molecule has 1 unspecified atom stereocenters.